The molecule has 0 rings (SSSR count). The Morgan fingerprint density at radius 3 is 2.14 bits per heavy atom. The average molecular weight is 550 g/mol. The van der Waals surface area contributed by atoms with Crippen molar-refractivity contribution in [2.45, 2.75) is 103 Å². The standard InChI is InChI=1S/C28H54N2O4P.ClH/c1-5-6-7-8-9-10-11-12-13-14-15-16-17-18-19-22-28(32)29-23-20-21-24-30(2,3)25-27(31)26-34-35(4)33;/h12-15,27,31H,5-11,16-26H2,1-4H3;1H/q+1;/b13-12-,15-14+;. The molecule has 2 atom stereocenters. The Morgan fingerprint density at radius 1 is 0.944 bits per heavy atom. The van der Waals surface area contributed by atoms with E-state index in [2.05, 4.69) is 50.6 Å². The Kier molecular flexibility index (Phi) is 26.8. The molecule has 0 aromatic rings. The lowest BCUT2D eigenvalue weighted by molar-refractivity contribution is -0.893. The minimum Gasteiger partial charge on any atom is -1.00 e. The van der Waals surface area contributed by atoms with E-state index in [9.17, 15) is 14.5 Å². The highest BCUT2D eigenvalue weighted by atomic mass is 35.5. The van der Waals surface area contributed by atoms with E-state index in [-0.39, 0.29) is 24.9 Å². The van der Waals surface area contributed by atoms with Crippen LogP contribution < -0.4 is 17.7 Å². The molecule has 0 radical (unpaired) electrons. The first-order chi connectivity index (χ1) is 16.8. The van der Waals surface area contributed by atoms with Crippen molar-refractivity contribution in [1.82, 2.24) is 5.32 Å². The lowest BCUT2D eigenvalue weighted by Crippen LogP contribution is -3.00. The topological polar surface area (TPSA) is 75.6 Å². The van der Waals surface area contributed by atoms with Crippen LogP contribution in [0.2, 0.25) is 0 Å². The normalized spacial score (nSPS) is 13.2. The Bertz CT molecular complexity index is 600. The van der Waals surface area contributed by atoms with E-state index in [0.717, 1.165) is 45.1 Å². The number of rotatable bonds is 24. The number of unbranched alkanes of at least 4 members (excludes halogenated alkanes) is 10. The van der Waals surface area contributed by atoms with Crippen molar-refractivity contribution in [2.75, 3.05) is 47.0 Å². The van der Waals surface area contributed by atoms with Crippen LogP contribution in [0.25, 0.3) is 0 Å². The Labute approximate surface area is 229 Å². The van der Waals surface area contributed by atoms with E-state index in [1.807, 2.05) is 0 Å². The molecule has 0 fully saturated rings. The number of aliphatic hydroxyl groups excluding tert-OH is 1. The van der Waals surface area contributed by atoms with Crippen molar-refractivity contribution >= 4 is 13.9 Å². The zero-order chi connectivity index (χ0) is 26.2. The third-order valence-corrected chi connectivity index (χ3v) is 6.56. The molecule has 0 bridgehead atoms. The van der Waals surface area contributed by atoms with E-state index in [4.69, 9.17) is 4.52 Å². The summed E-state index contributed by atoms with van der Waals surface area (Å²) in [5.41, 5.74) is 0. The molecular weight excluding hydrogens is 495 g/mol. The van der Waals surface area contributed by atoms with Gasteiger partial charge in [0.2, 0.25) is 5.91 Å². The first-order valence-electron chi connectivity index (χ1n) is 13.9. The molecule has 0 aliphatic heterocycles. The van der Waals surface area contributed by atoms with Crippen molar-refractivity contribution in [2.24, 2.45) is 0 Å². The molecule has 212 valence electrons. The van der Waals surface area contributed by atoms with Crippen molar-refractivity contribution < 1.29 is 35.9 Å². The minimum atomic E-state index is -1.67. The van der Waals surface area contributed by atoms with Crippen LogP contribution in [-0.4, -0.2) is 68.6 Å². The van der Waals surface area contributed by atoms with Gasteiger partial charge in [0.15, 0.2) is 6.66 Å². The fraction of sp³-hybridized carbons (Fsp3) is 0.821. The second-order valence-electron chi connectivity index (χ2n) is 10.3. The van der Waals surface area contributed by atoms with Crippen molar-refractivity contribution in [3.8, 4) is 0 Å². The number of likely N-dealkylation sites (N-methyl/N-ethyl adjacent to an activating group) is 1. The van der Waals surface area contributed by atoms with Gasteiger partial charge in [-0.15, -0.1) is 4.52 Å². The van der Waals surface area contributed by atoms with E-state index >= 15 is 0 Å². The maximum Gasteiger partial charge on any atom is 0.504 e. The van der Waals surface area contributed by atoms with E-state index in [0.29, 0.717) is 24.0 Å². The number of quaternary nitrogens is 1. The molecule has 0 heterocycles. The molecule has 0 aliphatic rings. The third-order valence-electron chi connectivity index (χ3n) is 6.05. The number of hydrogen-bond donors (Lipinski definition) is 2. The number of carbonyl (C=O) groups is 1. The summed E-state index contributed by atoms with van der Waals surface area (Å²) < 4.78 is 16.7. The predicted molar refractivity (Wildman–Crippen MR) is 149 cm³/mol. The number of nitrogens with zero attached hydrogens (tertiary/aromatic N) is 1. The van der Waals surface area contributed by atoms with Crippen LogP contribution in [0.3, 0.4) is 0 Å². The van der Waals surface area contributed by atoms with E-state index < -0.39 is 14.1 Å². The molecule has 36 heavy (non-hydrogen) atoms. The van der Waals surface area contributed by atoms with Gasteiger partial charge < -0.3 is 27.3 Å². The quantitative estimate of drug-likeness (QED) is 0.0836. The van der Waals surface area contributed by atoms with Gasteiger partial charge in [-0.3, -0.25) is 4.79 Å². The second kappa shape index (κ2) is 25.9. The highest BCUT2D eigenvalue weighted by Crippen LogP contribution is 2.16. The number of nitrogens with one attached hydrogen (secondary N) is 1. The van der Waals surface area contributed by atoms with Crippen molar-refractivity contribution in [3.05, 3.63) is 24.3 Å². The molecular formula is C28H55ClN2O4P+. The van der Waals surface area contributed by atoms with Crippen LogP contribution in [0.15, 0.2) is 24.3 Å². The fourth-order valence-corrected chi connectivity index (χ4v) is 4.39. The van der Waals surface area contributed by atoms with Crippen LogP contribution in [0, 0.1) is 0 Å². The molecule has 2 N–H and O–H groups in total. The lowest BCUT2D eigenvalue weighted by Gasteiger charge is -2.31. The highest BCUT2D eigenvalue weighted by molar-refractivity contribution is 7.38. The maximum absolute atomic E-state index is 12.0. The number of hydrogen-bond acceptors (Lipinski definition) is 4. The SMILES string of the molecule is CCCCCCCC/C=C\C=C\CCCCCC(=O)NCCCC[N+](C)(C)CC(O)CO[P+](C)=O.[Cl-]. The van der Waals surface area contributed by atoms with Gasteiger partial charge in [-0.2, -0.15) is 0 Å². The number of aliphatic hydroxyl groups is 1. The molecule has 0 aromatic heterocycles. The van der Waals surface area contributed by atoms with Gasteiger partial charge in [0.05, 0.1) is 20.6 Å². The van der Waals surface area contributed by atoms with Gasteiger partial charge in [0.1, 0.15) is 19.3 Å². The average Bonchev–Trinajstić information content (AvgIpc) is 2.79. The second-order valence-corrected chi connectivity index (χ2v) is 11.4. The molecule has 0 aliphatic carbocycles. The molecule has 0 saturated carbocycles. The fourth-order valence-electron chi connectivity index (χ4n) is 4.00. The number of halogens is 1. The Hall–Kier alpha value is -0.780. The maximum atomic E-state index is 12.0. The summed E-state index contributed by atoms with van der Waals surface area (Å²) in [6.07, 6.45) is 24.3. The van der Waals surface area contributed by atoms with Gasteiger partial charge in [-0.25, -0.2) is 0 Å². The first-order valence-corrected chi connectivity index (χ1v) is 15.5. The van der Waals surface area contributed by atoms with Crippen molar-refractivity contribution in [3.63, 3.8) is 0 Å². The Balaban J connectivity index is 0. The highest BCUT2D eigenvalue weighted by Gasteiger charge is 2.22. The summed E-state index contributed by atoms with van der Waals surface area (Å²) >= 11 is 0. The van der Waals surface area contributed by atoms with Crippen LogP contribution in [0.1, 0.15) is 96.8 Å². The first kappa shape index (κ1) is 37.4. The van der Waals surface area contributed by atoms with E-state index in [1.165, 1.54) is 51.6 Å². The molecule has 8 heteroatoms. The molecule has 2 unspecified atom stereocenters. The van der Waals surface area contributed by atoms with Crippen LogP contribution >= 0.6 is 8.03 Å². The van der Waals surface area contributed by atoms with Crippen molar-refractivity contribution in [1.29, 1.82) is 0 Å². The number of carbonyl (C=O) groups excluding carboxylic acids is 1. The smallest absolute Gasteiger partial charge is 0.504 e. The Morgan fingerprint density at radius 2 is 1.53 bits per heavy atom. The third kappa shape index (κ3) is 27.8. The van der Waals surface area contributed by atoms with Gasteiger partial charge in [-0.05, 0) is 49.5 Å². The number of allylic oxidation sites excluding steroid dienone is 4. The van der Waals surface area contributed by atoms with Crippen LogP contribution in [-0.2, 0) is 13.9 Å². The molecule has 0 spiro atoms. The summed E-state index contributed by atoms with van der Waals surface area (Å²) in [5.74, 6) is 0.146. The van der Waals surface area contributed by atoms with Gasteiger partial charge >= 0.3 is 8.03 Å². The zero-order valence-corrected chi connectivity index (χ0v) is 25.2. The monoisotopic (exact) mass is 549 g/mol. The minimum absolute atomic E-state index is 0. The summed E-state index contributed by atoms with van der Waals surface area (Å²) in [6, 6.07) is 0. The lowest BCUT2D eigenvalue weighted by atomic mass is 10.1. The van der Waals surface area contributed by atoms with Crippen LogP contribution in [0.4, 0.5) is 0 Å². The van der Waals surface area contributed by atoms with Gasteiger partial charge in [0, 0.05) is 13.0 Å². The molecule has 0 aromatic carbocycles. The summed E-state index contributed by atoms with van der Waals surface area (Å²) in [4.78, 5) is 12.0. The molecule has 0 saturated heterocycles. The largest absolute Gasteiger partial charge is 1.00 e. The van der Waals surface area contributed by atoms with Gasteiger partial charge in [-0.1, -0.05) is 69.8 Å². The summed E-state index contributed by atoms with van der Waals surface area (Å²) in [5, 5.41) is 13.0. The number of amides is 1. The van der Waals surface area contributed by atoms with Crippen LogP contribution in [0.5, 0.6) is 0 Å². The summed E-state index contributed by atoms with van der Waals surface area (Å²) in [7, 11) is 2.46. The molecule has 1 amide bonds. The zero-order valence-electron chi connectivity index (χ0n) is 23.6. The van der Waals surface area contributed by atoms with E-state index in [1.54, 1.807) is 0 Å². The van der Waals surface area contributed by atoms with Gasteiger partial charge in [0.25, 0.3) is 0 Å². The predicted octanol–water partition coefficient (Wildman–Crippen LogP) is 3.53. The summed E-state index contributed by atoms with van der Waals surface area (Å²) in [6.45, 7) is 6.02. The molecule has 6 nitrogen and oxygen atoms in total.